The third-order valence-corrected chi connectivity index (χ3v) is 7.71. The van der Waals surface area contributed by atoms with Crippen LogP contribution in [0.2, 0.25) is 5.02 Å². The van der Waals surface area contributed by atoms with E-state index in [4.69, 9.17) is 16.3 Å². The van der Waals surface area contributed by atoms with Crippen molar-refractivity contribution in [1.29, 1.82) is 0 Å². The Morgan fingerprint density at radius 2 is 2.00 bits per heavy atom. The fourth-order valence-corrected chi connectivity index (χ4v) is 5.68. The topological polar surface area (TPSA) is 126 Å². The summed E-state index contributed by atoms with van der Waals surface area (Å²) in [6.45, 7) is 0.471. The first-order valence-corrected chi connectivity index (χ1v) is 13.4. The molecular weight excluding hydrogens is 544 g/mol. The van der Waals surface area contributed by atoms with Gasteiger partial charge in [-0.15, -0.1) is 0 Å². The zero-order valence-corrected chi connectivity index (χ0v) is 22.4. The molecule has 1 aromatic heterocycles. The van der Waals surface area contributed by atoms with Gasteiger partial charge >= 0.3 is 12.2 Å². The van der Waals surface area contributed by atoms with E-state index in [1.165, 1.54) is 18.4 Å². The summed E-state index contributed by atoms with van der Waals surface area (Å²) in [6.07, 6.45) is -0.523. The lowest BCUT2D eigenvalue weighted by molar-refractivity contribution is -0.133. The molecule has 0 radical (unpaired) electrons. The minimum Gasteiger partial charge on any atom is -0.453 e. The molecule has 1 fully saturated rings. The molecule has 1 saturated heterocycles. The second-order valence-electron chi connectivity index (χ2n) is 9.26. The number of fused-ring (bicyclic) bond motifs is 2. The normalized spacial score (nSPS) is 18.5. The van der Waals surface area contributed by atoms with Crippen molar-refractivity contribution in [3.63, 3.8) is 0 Å². The Kier molecular flexibility index (Phi) is 7.45. The highest BCUT2D eigenvalue weighted by Gasteiger charge is 2.49. The highest BCUT2D eigenvalue weighted by molar-refractivity contribution is 7.07. The number of ether oxygens (including phenoxy) is 2. The number of carbonyl (C=O) groups is 4. The van der Waals surface area contributed by atoms with E-state index in [1.54, 1.807) is 47.4 Å². The molecule has 39 heavy (non-hydrogen) atoms. The monoisotopic (exact) mass is 568 g/mol. The van der Waals surface area contributed by atoms with Crippen LogP contribution in [0.4, 0.5) is 21.0 Å². The van der Waals surface area contributed by atoms with Gasteiger partial charge in [0.05, 0.1) is 19.3 Å². The number of likely N-dealkylation sites (tertiary alicyclic amines) is 1. The lowest BCUT2D eigenvalue weighted by Crippen LogP contribution is -2.50. The van der Waals surface area contributed by atoms with Crippen LogP contribution < -0.4 is 16.0 Å². The summed E-state index contributed by atoms with van der Waals surface area (Å²) >= 11 is 7.74. The maximum atomic E-state index is 13.8. The maximum Gasteiger partial charge on any atom is 0.412 e. The van der Waals surface area contributed by atoms with Crippen LogP contribution in [0, 0.1) is 0 Å². The first-order chi connectivity index (χ1) is 18.8. The number of hydrogen-bond acceptors (Lipinski definition) is 7. The van der Waals surface area contributed by atoms with Gasteiger partial charge < -0.3 is 19.7 Å². The van der Waals surface area contributed by atoms with Crippen molar-refractivity contribution in [2.24, 2.45) is 0 Å². The summed E-state index contributed by atoms with van der Waals surface area (Å²) in [5, 5.41) is 12.4. The average molecular weight is 569 g/mol. The van der Waals surface area contributed by atoms with Crippen molar-refractivity contribution in [3.8, 4) is 0 Å². The van der Waals surface area contributed by atoms with Gasteiger partial charge in [-0.05, 0) is 64.9 Å². The van der Waals surface area contributed by atoms with Gasteiger partial charge in [0.25, 0.3) is 5.91 Å². The smallest absolute Gasteiger partial charge is 0.412 e. The van der Waals surface area contributed by atoms with Crippen LogP contribution in [-0.2, 0) is 26.3 Å². The minimum absolute atomic E-state index is 0.135. The number of hydrogen-bond donors (Lipinski definition) is 3. The zero-order valence-electron chi connectivity index (χ0n) is 20.9. The molecule has 0 saturated carbocycles. The molecule has 3 N–H and O–H groups in total. The molecule has 0 aliphatic carbocycles. The van der Waals surface area contributed by atoms with E-state index in [0.717, 1.165) is 5.56 Å². The third kappa shape index (κ3) is 5.69. The van der Waals surface area contributed by atoms with Crippen LogP contribution in [0.25, 0.3) is 0 Å². The van der Waals surface area contributed by atoms with Crippen molar-refractivity contribution in [2.75, 3.05) is 30.8 Å². The highest BCUT2D eigenvalue weighted by Crippen LogP contribution is 2.43. The van der Waals surface area contributed by atoms with Crippen molar-refractivity contribution >= 4 is 58.3 Å². The van der Waals surface area contributed by atoms with Crippen LogP contribution in [0.1, 0.15) is 27.9 Å². The van der Waals surface area contributed by atoms with Gasteiger partial charge in [-0.2, -0.15) is 11.3 Å². The molecule has 0 bridgehead atoms. The number of rotatable bonds is 6. The van der Waals surface area contributed by atoms with Gasteiger partial charge in [-0.25, -0.2) is 9.59 Å². The molecule has 3 heterocycles. The number of thiophene rings is 1. The Bertz CT molecular complexity index is 1410. The van der Waals surface area contributed by atoms with E-state index >= 15 is 0 Å². The van der Waals surface area contributed by atoms with Gasteiger partial charge in [0, 0.05) is 41.2 Å². The molecule has 4 amide bonds. The van der Waals surface area contributed by atoms with E-state index < -0.39 is 29.7 Å². The van der Waals surface area contributed by atoms with Gasteiger partial charge in [-0.1, -0.05) is 11.6 Å². The second-order valence-corrected chi connectivity index (χ2v) is 10.5. The molecule has 12 heteroatoms. The lowest BCUT2D eigenvalue weighted by Gasteiger charge is -2.35. The number of carbonyl (C=O) groups excluding carboxylic acids is 4. The standard InChI is InChI=1S/C27H25ClN4O6S/c1-37-25(35)29-19-5-2-17(3-6-19)23(33)30-22(12-16-8-11-39-14-16)24(34)32-10-9-27(15-32)20-13-18(28)4-7-21(20)31-26(36)38-27/h2-8,11,13-14,22H,9-10,12,15H2,1H3,(H,29,35)(H,30,33)(H,31,36)/t22-,27?/m0/s1. The Hall–Kier alpha value is -4.09. The summed E-state index contributed by atoms with van der Waals surface area (Å²) in [4.78, 5) is 52.3. The van der Waals surface area contributed by atoms with Gasteiger partial charge in [-0.3, -0.25) is 20.2 Å². The minimum atomic E-state index is -1.03. The number of methoxy groups -OCH3 is 1. The number of benzene rings is 2. The van der Waals surface area contributed by atoms with Crippen LogP contribution in [0.3, 0.4) is 0 Å². The molecule has 5 rings (SSSR count). The Labute approximate surface area is 233 Å². The number of halogens is 1. The first-order valence-electron chi connectivity index (χ1n) is 12.1. The molecular formula is C27H25ClN4O6S. The van der Waals surface area contributed by atoms with Crippen LogP contribution in [0.5, 0.6) is 0 Å². The van der Waals surface area contributed by atoms with Crippen LogP contribution >= 0.6 is 22.9 Å². The Morgan fingerprint density at radius 1 is 1.21 bits per heavy atom. The average Bonchev–Trinajstić information content (AvgIpc) is 3.59. The highest BCUT2D eigenvalue weighted by atomic mass is 35.5. The molecule has 10 nitrogen and oxygen atoms in total. The summed E-state index contributed by atoms with van der Waals surface area (Å²) in [5.74, 6) is -0.721. The molecule has 3 aromatic rings. The van der Waals surface area contributed by atoms with Crippen molar-refractivity contribution < 1.29 is 28.7 Å². The quantitative estimate of drug-likeness (QED) is 0.399. The van der Waals surface area contributed by atoms with Crippen LogP contribution in [0.15, 0.2) is 59.3 Å². The lowest BCUT2D eigenvalue weighted by atomic mass is 9.90. The number of amides is 4. The summed E-state index contributed by atoms with van der Waals surface area (Å²) in [6, 6.07) is 12.4. The predicted molar refractivity (Wildman–Crippen MR) is 146 cm³/mol. The van der Waals surface area contributed by atoms with E-state index in [9.17, 15) is 19.2 Å². The first kappa shape index (κ1) is 26.5. The van der Waals surface area contributed by atoms with E-state index in [1.807, 2.05) is 16.8 Å². The van der Waals surface area contributed by atoms with Crippen molar-refractivity contribution in [3.05, 3.63) is 81.0 Å². The van der Waals surface area contributed by atoms with Gasteiger partial charge in [0.2, 0.25) is 5.91 Å². The molecule has 202 valence electrons. The van der Waals surface area contributed by atoms with E-state index in [0.29, 0.717) is 46.9 Å². The predicted octanol–water partition coefficient (Wildman–Crippen LogP) is 4.61. The molecule has 2 aliphatic rings. The Morgan fingerprint density at radius 3 is 2.72 bits per heavy atom. The zero-order chi connectivity index (χ0) is 27.6. The largest absolute Gasteiger partial charge is 0.453 e. The summed E-state index contributed by atoms with van der Waals surface area (Å²) in [7, 11) is 1.26. The third-order valence-electron chi connectivity index (χ3n) is 6.74. The van der Waals surface area contributed by atoms with Gasteiger partial charge in [0.1, 0.15) is 6.04 Å². The number of nitrogens with one attached hydrogen (secondary N) is 3. The van der Waals surface area contributed by atoms with Crippen molar-refractivity contribution in [1.82, 2.24) is 10.2 Å². The SMILES string of the molecule is COC(=O)Nc1ccc(C(=O)N[C@@H](Cc2ccsc2)C(=O)N2CCC3(C2)OC(=O)Nc2ccc(Cl)cc23)cc1. The fourth-order valence-electron chi connectivity index (χ4n) is 4.82. The summed E-state index contributed by atoms with van der Waals surface area (Å²) in [5.41, 5.74) is 1.97. The molecule has 1 unspecified atom stereocenters. The van der Waals surface area contributed by atoms with E-state index in [2.05, 4.69) is 20.7 Å². The molecule has 2 atom stereocenters. The number of nitrogens with zero attached hydrogens (tertiary/aromatic N) is 1. The van der Waals surface area contributed by atoms with Gasteiger partial charge in [0.15, 0.2) is 5.60 Å². The number of anilines is 2. The molecule has 1 spiro atoms. The molecule has 2 aliphatic heterocycles. The van der Waals surface area contributed by atoms with Crippen molar-refractivity contribution in [2.45, 2.75) is 24.5 Å². The maximum absolute atomic E-state index is 13.8. The fraction of sp³-hybridized carbons (Fsp3) is 0.259. The van der Waals surface area contributed by atoms with Crippen LogP contribution in [-0.4, -0.2) is 55.1 Å². The Balaban J connectivity index is 1.35. The summed E-state index contributed by atoms with van der Waals surface area (Å²) < 4.78 is 10.3. The second kappa shape index (κ2) is 11.0. The van der Waals surface area contributed by atoms with E-state index in [-0.39, 0.29) is 12.5 Å². The molecule has 2 aromatic carbocycles.